The number of benzene rings is 3. The van der Waals surface area contributed by atoms with Crippen LogP contribution in [0.25, 0.3) is 5.43 Å². The van der Waals surface area contributed by atoms with Crippen LogP contribution in [-0.2, 0) is 19.5 Å². The van der Waals surface area contributed by atoms with Crippen molar-refractivity contribution in [2.75, 3.05) is 4.78 Å². The molecule has 0 spiro atoms. The summed E-state index contributed by atoms with van der Waals surface area (Å²) in [4.78, 5) is 0. The first kappa shape index (κ1) is 16.7. The van der Waals surface area contributed by atoms with Crippen molar-refractivity contribution in [3.05, 3.63) is 96.4 Å². The van der Waals surface area contributed by atoms with Gasteiger partial charge in [-0.15, -0.1) is 5.69 Å². The van der Waals surface area contributed by atoms with Crippen molar-refractivity contribution in [1.82, 2.24) is 0 Å². The van der Waals surface area contributed by atoms with Gasteiger partial charge in [0, 0.05) is 25.2 Å². The van der Waals surface area contributed by atoms with Crippen molar-refractivity contribution in [3.63, 3.8) is 0 Å². The summed E-state index contributed by atoms with van der Waals surface area (Å²) in [6.45, 7) is 0. The van der Waals surface area contributed by atoms with Crippen molar-refractivity contribution in [2.45, 2.75) is 0 Å². The van der Waals surface area contributed by atoms with Crippen LogP contribution in [0.2, 0.25) is 0 Å². The van der Waals surface area contributed by atoms with Crippen LogP contribution in [0, 0.1) is 0 Å². The van der Waals surface area contributed by atoms with Gasteiger partial charge in [-0.25, -0.2) is 0 Å². The first-order valence-corrected chi connectivity index (χ1v) is 7.80. The van der Waals surface area contributed by atoms with Crippen LogP contribution in [-0.4, -0.2) is 0 Å². The van der Waals surface area contributed by atoms with E-state index >= 15 is 0 Å². The monoisotopic (exact) mass is 394 g/mol. The minimum absolute atomic E-state index is 0. The van der Waals surface area contributed by atoms with Crippen molar-refractivity contribution >= 4 is 25.4 Å². The third-order valence-electron chi connectivity index (χ3n) is 2.98. The SMILES string of the molecule is [Rh].c1ccc([N-]N(Pc2ccccc2)c2ccccc2)cc1. The molecule has 0 amide bonds. The van der Waals surface area contributed by atoms with E-state index in [0.717, 1.165) is 11.4 Å². The van der Waals surface area contributed by atoms with E-state index in [0.29, 0.717) is 8.73 Å². The zero-order valence-electron chi connectivity index (χ0n) is 11.9. The summed E-state index contributed by atoms with van der Waals surface area (Å²) >= 11 is 0. The molecule has 0 aliphatic rings. The van der Waals surface area contributed by atoms with E-state index in [2.05, 4.69) is 41.2 Å². The third-order valence-corrected chi connectivity index (χ3v) is 4.14. The van der Waals surface area contributed by atoms with E-state index in [-0.39, 0.29) is 19.5 Å². The molecule has 1 radical (unpaired) electrons. The molecule has 1 atom stereocenters. The maximum Gasteiger partial charge on any atom is 0.0264 e. The number of anilines is 1. The first-order valence-electron chi connectivity index (χ1n) is 6.85. The second kappa shape index (κ2) is 8.68. The minimum atomic E-state index is 0. The maximum absolute atomic E-state index is 4.77. The molecular formula is C18H16N2PRh-. The van der Waals surface area contributed by atoms with Crippen molar-refractivity contribution in [3.8, 4) is 0 Å². The van der Waals surface area contributed by atoms with Gasteiger partial charge in [-0.1, -0.05) is 78.9 Å². The van der Waals surface area contributed by atoms with Crippen molar-refractivity contribution in [1.29, 1.82) is 0 Å². The number of hydrogen-bond donors (Lipinski definition) is 0. The van der Waals surface area contributed by atoms with Crippen molar-refractivity contribution < 1.29 is 19.5 Å². The molecule has 0 saturated heterocycles. The van der Waals surface area contributed by atoms with Crippen LogP contribution in [0.1, 0.15) is 0 Å². The van der Waals surface area contributed by atoms with Crippen LogP contribution in [0.15, 0.2) is 91.0 Å². The van der Waals surface area contributed by atoms with Crippen LogP contribution < -0.4 is 10.1 Å². The van der Waals surface area contributed by atoms with Gasteiger partial charge in [-0.05, 0) is 26.2 Å². The van der Waals surface area contributed by atoms with Gasteiger partial charge >= 0.3 is 0 Å². The fourth-order valence-corrected chi connectivity index (χ4v) is 2.99. The van der Waals surface area contributed by atoms with E-state index in [9.17, 15) is 0 Å². The fraction of sp³-hybridized carbons (Fsp3) is 0. The van der Waals surface area contributed by atoms with Crippen LogP contribution in [0.3, 0.4) is 0 Å². The summed E-state index contributed by atoms with van der Waals surface area (Å²) in [6.07, 6.45) is 0. The summed E-state index contributed by atoms with van der Waals surface area (Å²) in [6, 6.07) is 30.8. The Morgan fingerprint density at radius 1 is 0.636 bits per heavy atom. The molecule has 3 rings (SSSR count). The Bertz CT molecular complexity index is 621. The standard InChI is InChI=1S/C18H16N2P.Rh/c1-4-10-16(11-5-1)19-20(17-12-6-2-7-13-17)21-18-14-8-3-9-15-18;/h1-15,21H;/q-1;. The van der Waals surface area contributed by atoms with Gasteiger partial charge < -0.3 is 10.2 Å². The summed E-state index contributed by atoms with van der Waals surface area (Å²) in [5, 5.41) is 1.26. The number of hydrogen-bond acceptors (Lipinski definition) is 1. The molecule has 113 valence electrons. The predicted octanol–water partition coefficient (Wildman–Crippen LogP) is 5.03. The predicted molar refractivity (Wildman–Crippen MR) is 92.8 cm³/mol. The smallest absolute Gasteiger partial charge is 0.0264 e. The van der Waals surface area contributed by atoms with E-state index in [4.69, 9.17) is 5.43 Å². The Labute approximate surface area is 146 Å². The molecule has 0 heterocycles. The largest absolute Gasteiger partial charge is 0.591 e. The third kappa shape index (κ3) is 4.66. The molecule has 0 N–H and O–H groups in total. The average molecular weight is 394 g/mol. The molecule has 0 aliphatic heterocycles. The molecule has 0 aromatic heterocycles. The molecule has 0 saturated carbocycles. The zero-order valence-corrected chi connectivity index (χ0v) is 14.5. The molecule has 1 unspecified atom stereocenters. The molecule has 3 aromatic carbocycles. The van der Waals surface area contributed by atoms with Gasteiger partial charge in [0.1, 0.15) is 0 Å². The quantitative estimate of drug-likeness (QED) is 0.337. The van der Waals surface area contributed by atoms with Crippen LogP contribution >= 0.6 is 8.73 Å². The van der Waals surface area contributed by atoms with E-state index in [1.165, 1.54) is 5.30 Å². The summed E-state index contributed by atoms with van der Waals surface area (Å²) in [5.41, 5.74) is 6.83. The number of nitrogens with zero attached hydrogens (tertiary/aromatic N) is 2. The summed E-state index contributed by atoms with van der Waals surface area (Å²) in [5.74, 6) is 0. The van der Waals surface area contributed by atoms with Gasteiger partial charge in [0.05, 0.1) is 0 Å². The molecule has 22 heavy (non-hydrogen) atoms. The Hall–Kier alpha value is -1.69. The zero-order chi connectivity index (χ0) is 14.3. The van der Waals surface area contributed by atoms with E-state index in [1.807, 2.05) is 54.6 Å². The number of rotatable bonds is 5. The molecule has 0 aliphatic carbocycles. The van der Waals surface area contributed by atoms with Gasteiger partial charge in [-0.2, -0.15) is 0 Å². The molecule has 0 fully saturated rings. The Morgan fingerprint density at radius 3 is 1.73 bits per heavy atom. The molecule has 2 nitrogen and oxygen atoms in total. The normalized spacial score (nSPS) is 10.2. The van der Waals surface area contributed by atoms with Gasteiger partial charge in [0.2, 0.25) is 0 Å². The summed E-state index contributed by atoms with van der Waals surface area (Å²) < 4.78 is 2.06. The fourth-order valence-electron chi connectivity index (χ4n) is 1.96. The van der Waals surface area contributed by atoms with Gasteiger partial charge in [0.25, 0.3) is 0 Å². The van der Waals surface area contributed by atoms with Gasteiger partial charge in [-0.3, -0.25) is 0 Å². The Morgan fingerprint density at radius 2 is 1.14 bits per heavy atom. The first-order chi connectivity index (χ1) is 10.4. The van der Waals surface area contributed by atoms with Crippen LogP contribution in [0.5, 0.6) is 0 Å². The molecule has 3 aromatic rings. The minimum Gasteiger partial charge on any atom is -0.591 e. The van der Waals surface area contributed by atoms with Crippen molar-refractivity contribution in [2.24, 2.45) is 0 Å². The topological polar surface area (TPSA) is 17.3 Å². The van der Waals surface area contributed by atoms with E-state index in [1.54, 1.807) is 0 Å². The second-order valence-corrected chi connectivity index (χ2v) is 5.79. The second-order valence-electron chi connectivity index (χ2n) is 4.56. The Kier molecular flexibility index (Phi) is 6.58. The summed E-state index contributed by atoms with van der Waals surface area (Å²) in [7, 11) is 0.465. The average Bonchev–Trinajstić information content (AvgIpc) is 2.57. The molecule has 0 bridgehead atoms. The van der Waals surface area contributed by atoms with E-state index < -0.39 is 0 Å². The van der Waals surface area contributed by atoms with Gasteiger partial charge in [0.15, 0.2) is 0 Å². The maximum atomic E-state index is 4.77. The molecular weight excluding hydrogens is 378 g/mol. The van der Waals surface area contributed by atoms with Crippen LogP contribution in [0.4, 0.5) is 11.4 Å². The Balaban J connectivity index is 0.00000176. The molecule has 4 heteroatoms. The number of para-hydroxylation sites is 1.